The number of nitrogens with one attached hydrogen (secondary N) is 1. The van der Waals surface area contributed by atoms with Crippen LogP contribution in [0.15, 0.2) is 59.1 Å². The van der Waals surface area contributed by atoms with Gasteiger partial charge in [0.15, 0.2) is 6.10 Å². The second-order valence-electron chi connectivity index (χ2n) is 4.99. The maximum atomic E-state index is 6.26. The molecule has 0 aromatic heterocycles. The molecule has 0 aliphatic carbocycles. The van der Waals surface area contributed by atoms with Crippen molar-refractivity contribution in [1.29, 1.82) is 0 Å². The van der Waals surface area contributed by atoms with Crippen molar-refractivity contribution in [2.45, 2.75) is 12.2 Å². The minimum Gasteiger partial charge on any atom is -0.482 e. The number of benzene rings is 2. The van der Waals surface area contributed by atoms with Crippen LogP contribution in [0.4, 0.5) is 0 Å². The fourth-order valence-corrected chi connectivity index (χ4v) is 2.84. The van der Waals surface area contributed by atoms with E-state index in [0.717, 1.165) is 28.9 Å². The Morgan fingerprint density at radius 1 is 1.10 bits per heavy atom. The second-order valence-corrected chi connectivity index (χ2v) is 5.85. The molecule has 1 fully saturated rings. The molecule has 1 aliphatic rings. The van der Waals surface area contributed by atoms with Crippen LogP contribution in [0.3, 0.4) is 0 Å². The average Bonchev–Trinajstić information content (AvgIpc) is 2.56. The van der Waals surface area contributed by atoms with E-state index in [1.165, 1.54) is 0 Å². The van der Waals surface area contributed by atoms with Crippen LogP contribution in [0.5, 0.6) is 5.75 Å². The summed E-state index contributed by atoms with van der Waals surface area (Å²) in [6.45, 7) is 2.41. The van der Waals surface area contributed by atoms with Gasteiger partial charge in [0.1, 0.15) is 11.9 Å². The lowest BCUT2D eigenvalue weighted by Gasteiger charge is -2.31. The molecule has 1 saturated heterocycles. The lowest BCUT2D eigenvalue weighted by Crippen LogP contribution is -2.43. The van der Waals surface area contributed by atoms with Crippen molar-refractivity contribution < 1.29 is 9.47 Å². The van der Waals surface area contributed by atoms with Gasteiger partial charge in [0.05, 0.1) is 11.1 Å². The number of para-hydroxylation sites is 1. The molecule has 0 radical (unpaired) electrons. The van der Waals surface area contributed by atoms with Crippen molar-refractivity contribution in [1.82, 2.24) is 5.32 Å². The van der Waals surface area contributed by atoms with E-state index < -0.39 is 0 Å². The summed E-state index contributed by atoms with van der Waals surface area (Å²) in [6, 6.07) is 18.1. The highest BCUT2D eigenvalue weighted by atomic mass is 75.9. The molecular formula is C17H18BrNO2. The quantitative estimate of drug-likeness (QED) is 0.920. The van der Waals surface area contributed by atoms with E-state index in [2.05, 4.69) is 33.4 Å². The van der Waals surface area contributed by atoms with Gasteiger partial charge in [-0.05, 0) is 33.6 Å². The van der Waals surface area contributed by atoms with Crippen molar-refractivity contribution in [2.24, 2.45) is 0 Å². The highest BCUT2D eigenvalue weighted by Gasteiger charge is 2.28. The molecule has 2 atom stereocenters. The molecular weight excluding hydrogens is 326 g/mol. The third kappa shape index (κ3) is 3.64. The minimum atomic E-state index is -0.127. The number of halogens is 1. The predicted octanol–water partition coefficient (Wildman–Crippen LogP) is 3.56. The lowest BCUT2D eigenvalue weighted by molar-refractivity contribution is -0.0434. The Balaban J connectivity index is 1.87. The average molecular weight is 344 g/mol. The molecule has 1 heterocycles. The Morgan fingerprint density at radius 2 is 1.86 bits per heavy atom. The largest absolute Gasteiger partial charge is 0.482 e. The van der Waals surface area contributed by atoms with Crippen LogP contribution >= 0.6 is 15.9 Å². The zero-order valence-electron chi connectivity index (χ0n) is 11.7. The van der Waals surface area contributed by atoms with E-state index in [1.54, 1.807) is 0 Å². The first kappa shape index (κ1) is 14.6. The SMILES string of the molecule is [76Br]c1ccccc1O[C@H](c1ccccc1)[C@@H]1CNCCO1. The molecule has 1 aliphatic heterocycles. The van der Waals surface area contributed by atoms with E-state index in [4.69, 9.17) is 9.47 Å². The second kappa shape index (κ2) is 7.07. The molecule has 0 unspecified atom stereocenters. The summed E-state index contributed by atoms with van der Waals surface area (Å²) in [7, 11) is 0. The number of morpholine rings is 1. The topological polar surface area (TPSA) is 30.5 Å². The van der Waals surface area contributed by atoms with Crippen molar-refractivity contribution >= 4 is 15.9 Å². The number of hydrogen-bond donors (Lipinski definition) is 1. The number of ether oxygens (including phenoxy) is 2. The maximum absolute atomic E-state index is 6.26. The molecule has 0 spiro atoms. The summed E-state index contributed by atoms with van der Waals surface area (Å²) < 4.78 is 13.1. The molecule has 110 valence electrons. The zero-order valence-corrected chi connectivity index (χ0v) is 13.3. The molecule has 2 aromatic carbocycles. The van der Waals surface area contributed by atoms with Crippen molar-refractivity contribution in [3.05, 3.63) is 64.6 Å². The predicted molar refractivity (Wildman–Crippen MR) is 86.6 cm³/mol. The van der Waals surface area contributed by atoms with Gasteiger partial charge in [-0.25, -0.2) is 0 Å². The fraction of sp³-hybridized carbons (Fsp3) is 0.294. The van der Waals surface area contributed by atoms with Gasteiger partial charge in [-0.1, -0.05) is 42.5 Å². The van der Waals surface area contributed by atoms with Crippen LogP contribution in [-0.2, 0) is 4.74 Å². The first-order valence-corrected chi connectivity index (χ1v) is 7.92. The summed E-state index contributed by atoms with van der Waals surface area (Å²) in [5, 5.41) is 3.37. The molecule has 3 nitrogen and oxygen atoms in total. The standard InChI is InChI=1S/C17H18BrNO2/c18-14-8-4-5-9-15(14)21-17(13-6-2-1-3-7-13)16-12-19-10-11-20-16/h1-9,16-17,19H,10-12H2/t16-,17+/m0/s1/i18-4. The highest BCUT2D eigenvalue weighted by molar-refractivity contribution is 9.10. The molecule has 4 heteroatoms. The van der Waals surface area contributed by atoms with Crippen molar-refractivity contribution in [3.8, 4) is 5.75 Å². The first-order valence-electron chi connectivity index (χ1n) is 7.13. The zero-order chi connectivity index (χ0) is 14.5. The van der Waals surface area contributed by atoms with Gasteiger partial charge in [-0.3, -0.25) is 0 Å². The monoisotopic (exact) mass is 344 g/mol. The van der Waals surface area contributed by atoms with Crippen LogP contribution in [-0.4, -0.2) is 25.8 Å². The Hall–Kier alpha value is -1.36. The van der Waals surface area contributed by atoms with Crippen LogP contribution in [0.2, 0.25) is 0 Å². The molecule has 3 rings (SSSR count). The van der Waals surface area contributed by atoms with Crippen LogP contribution < -0.4 is 10.1 Å². The van der Waals surface area contributed by atoms with Gasteiger partial charge in [0.25, 0.3) is 0 Å². The molecule has 1 N–H and O–H groups in total. The van der Waals surface area contributed by atoms with Crippen molar-refractivity contribution in [3.63, 3.8) is 0 Å². The van der Waals surface area contributed by atoms with E-state index in [9.17, 15) is 0 Å². The van der Waals surface area contributed by atoms with Gasteiger partial charge in [0.2, 0.25) is 0 Å². The number of rotatable bonds is 4. The third-order valence-corrected chi connectivity index (χ3v) is 4.17. The normalized spacial score (nSPS) is 20.0. The lowest BCUT2D eigenvalue weighted by atomic mass is 10.0. The van der Waals surface area contributed by atoms with Gasteiger partial charge in [-0.2, -0.15) is 0 Å². The molecule has 0 bridgehead atoms. The van der Waals surface area contributed by atoms with Crippen molar-refractivity contribution in [2.75, 3.05) is 19.7 Å². The third-order valence-electron chi connectivity index (χ3n) is 3.51. The van der Waals surface area contributed by atoms with Crippen LogP contribution in [0.1, 0.15) is 11.7 Å². The summed E-state index contributed by atoms with van der Waals surface area (Å²) in [6.07, 6.45) is -0.119. The minimum absolute atomic E-state index is 0.00764. The van der Waals surface area contributed by atoms with Gasteiger partial charge >= 0.3 is 0 Å². The van der Waals surface area contributed by atoms with Gasteiger partial charge < -0.3 is 14.8 Å². The fourth-order valence-electron chi connectivity index (χ4n) is 2.46. The summed E-state index contributed by atoms with van der Waals surface area (Å²) in [5.41, 5.74) is 1.13. The summed E-state index contributed by atoms with van der Waals surface area (Å²) in [4.78, 5) is 0. The smallest absolute Gasteiger partial charge is 0.151 e. The maximum Gasteiger partial charge on any atom is 0.151 e. The Kier molecular flexibility index (Phi) is 4.91. The van der Waals surface area contributed by atoms with E-state index in [0.29, 0.717) is 6.61 Å². The Labute approximate surface area is 133 Å². The summed E-state index contributed by atoms with van der Waals surface area (Å²) in [5.74, 6) is 0.834. The van der Waals surface area contributed by atoms with E-state index in [-0.39, 0.29) is 12.2 Å². The molecule has 2 aromatic rings. The van der Waals surface area contributed by atoms with Gasteiger partial charge in [0, 0.05) is 13.1 Å². The van der Waals surface area contributed by atoms with Crippen LogP contribution in [0, 0.1) is 0 Å². The van der Waals surface area contributed by atoms with E-state index in [1.807, 2.05) is 42.5 Å². The number of hydrogen-bond acceptors (Lipinski definition) is 3. The van der Waals surface area contributed by atoms with E-state index >= 15 is 0 Å². The molecule has 0 saturated carbocycles. The first-order chi connectivity index (χ1) is 10.3. The van der Waals surface area contributed by atoms with Gasteiger partial charge in [-0.15, -0.1) is 0 Å². The molecule has 0 amide bonds. The molecule has 21 heavy (non-hydrogen) atoms. The Morgan fingerprint density at radius 3 is 2.57 bits per heavy atom. The Bertz CT molecular complexity index is 570. The van der Waals surface area contributed by atoms with Crippen LogP contribution in [0.25, 0.3) is 0 Å². The highest BCUT2D eigenvalue weighted by Crippen LogP contribution is 2.31. The summed E-state index contributed by atoms with van der Waals surface area (Å²) >= 11 is 3.54.